The lowest BCUT2D eigenvalue weighted by molar-refractivity contribution is 0.470. The van der Waals surface area contributed by atoms with Gasteiger partial charge in [-0.25, -0.2) is 0 Å². The lowest BCUT2D eigenvalue weighted by Gasteiger charge is -2.15. The molecular formula is C9H17NS. The Kier molecular flexibility index (Phi) is 3.46. The van der Waals surface area contributed by atoms with Gasteiger partial charge < -0.3 is 5.32 Å². The predicted molar refractivity (Wildman–Crippen MR) is 53.1 cm³/mol. The van der Waals surface area contributed by atoms with Gasteiger partial charge in [0, 0.05) is 18.3 Å². The van der Waals surface area contributed by atoms with E-state index in [0.29, 0.717) is 0 Å². The lowest BCUT2D eigenvalue weighted by atomic mass is 10.1. The van der Waals surface area contributed by atoms with E-state index in [4.69, 9.17) is 0 Å². The third kappa shape index (κ3) is 2.88. The molecule has 0 spiro atoms. The number of nitrogens with one attached hydrogen (secondary N) is 1. The molecule has 1 heterocycles. The average molecular weight is 171 g/mol. The summed E-state index contributed by atoms with van der Waals surface area (Å²) in [6.45, 7) is 9.24. The molecule has 1 aliphatic heterocycles. The molecule has 1 aliphatic rings. The Hall–Kier alpha value is 0.0500. The summed E-state index contributed by atoms with van der Waals surface area (Å²) in [7, 11) is 0. The Morgan fingerprint density at radius 3 is 2.82 bits per heavy atom. The highest BCUT2D eigenvalue weighted by molar-refractivity contribution is 7.99. The van der Waals surface area contributed by atoms with Crippen LogP contribution in [0, 0.1) is 5.92 Å². The summed E-state index contributed by atoms with van der Waals surface area (Å²) in [6.07, 6.45) is 0. The predicted octanol–water partition coefficient (Wildman–Crippen LogP) is 1.90. The lowest BCUT2D eigenvalue weighted by Crippen LogP contribution is -2.34. The van der Waals surface area contributed by atoms with E-state index in [1.807, 2.05) is 11.8 Å². The van der Waals surface area contributed by atoms with Crippen molar-refractivity contribution in [2.75, 3.05) is 18.1 Å². The second kappa shape index (κ2) is 4.17. The molecular weight excluding hydrogens is 154 g/mol. The molecule has 0 aromatic heterocycles. The van der Waals surface area contributed by atoms with Crippen molar-refractivity contribution >= 4 is 11.8 Å². The standard InChI is InChI=1S/C9H17NS/c1-7(2)4-10-9-6-11-5-8(9)3/h8-10H,1,4-6H2,2-3H3. The minimum absolute atomic E-state index is 0.719. The number of thioether (sulfide) groups is 1. The van der Waals surface area contributed by atoms with Gasteiger partial charge in [0.25, 0.3) is 0 Å². The van der Waals surface area contributed by atoms with Gasteiger partial charge in [0.2, 0.25) is 0 Å². The maximum absolute atomic E-state index is 3.87. The fourth-order valence-electron chi connectivity index (χ4n) is 1.23. The van der Waals surface area contributed by atoms with E-state index < -0.39 is 0 Å². The molecule has 0 amide bonds. The zero-order chi connectivity index (χ0) is 8.27. The second-order valence-electron chi connectivity index (χ2n) is 3.46. The highest BCUT2D eigenvalue weighted by Crippen LogP contribution is 2.23. The van der Waals surface area contributed by atoms with Crippen LogP contribution < -0.4 is 5.32 Å². The summed E-state index contributed by atoms with van der Waals surface area (Å²) in [5, 5.41) is 3.51. The molecule has 1 fully saturated rings. The Morgan fingerprint density at radius 1 is 1.64 bits per heavy atom. The van der Waals surface area contributed by atoms with Crippen LogP contribution in [0.25, 0.3) is 0 Å². The van der Waals surface area contributed by atoms with Crippen molar-refractivity contribution in [3.63, 3.8) is 0 Å². The summed E-state index contributed by atoms with van der Waals surface area (Å²) in [4.78, 5) is 0. The number of rotatable bonds is 3. The van der Waals surface area contributed by atoms with E-state index in [1.165, 1.54) is 17.1 Å². The Morgan fingerprint density at radius 2 is 2.36 bits per heavy atom. The second-order valence-corrected chi connectivity index (χ2v) is 4.53. The van der Waals surface area contributed by atoms with Gasteiger partial charge in [-0.05, 0) is 18.6 Å². The first kappa shape index (κ1) is 9.14. The molecule has 0 aromatic rings. The summed E-state index contributed by atoms with van der Waals surface area (Å²) in [5.74, 6) is 3.42. The van der Waals surface area contributed by atoms with Gasteiger partial charge in [0.1, 0.15) is 0 Å². The first-order valence-corrected chi connectivity index (χ1v) is 5.31. The minimum atomic E-state index is 0.719. The van der Waals surface area contributed by atoms with Crippen LogP contribution in [-0.4, -0.2) is 24.1 Å². The summed E-state index contributed by atoms with van der Waals surface area (Å²) >= 11 is 2.05. The fraction of sp³-hybridized carbons (Fsp3) is 0.778. The van der Waals surface area contributed by atoms with Gasteiger partial charge in [0.15, 0.2) is 0 Å². The van der Waals surface area contributed by atoms with E-state index in [2.05, 4.69) is 25.7 Å². The summed E-state index contributed by atoms with van der Waals surface area (Å²) in [5.41, 5.74) is 1.23. The fourth-order valence-corrected chi connectivity index (χ4v) is 2.67. The van der Waals surface area contributed by atoms with Crippen LogP contribution >= 0.6 is 11.8 Å². The molecule has 2 heteroatoms. The smallest absolute Gasteiger partial charge is 0.0194 e. The maximum atomic E-state index is 3.87. The van der Waals surface area contributed by atoms with Gasteiger partial charge in [-0.1, -0.05) is 19.1 Å². The molecule has 0 aliphatic carbocycles. The first-order valence-electron chi connectivity index (χ1n) is 4.15. The SMILES string of the molecule is C=C(C)CNC1CSCC1C. The van der Waals surface area contributed by atoms with E-state index in [-0.39, 0.29) is 0 Å². The van der Waals surface area contributed by atoms with Crippen LogP contribution in [-0.2, 0) is 0 Å². The minimum Gasteiger partial charge on any atom is -0.309 e. The Bertz CT molecular complexity index is 144. The molecule has 1 N–H and O–H groups in total. The van der Waals surface area contributed by atoms with Crippen molar-refractivity contribution in [1.29, 1.82) is 0 Å². The van der Waals surface area contributed by atoms with E-state index in [9.17, 15) is 0 Å². The number of hydrogen-bond donors (Lipinski definition) is 1. The average Bonchev–Trinajstić information content (AvgIpc) is 2.31. The molecule has 0 bridgehead atoms. The summed E-state index contributed by atoms with van der Waals surface area (Å²) < 4.78 is 0. The van der Waals surface area contributed by atoms with Gasteiger partial charge >= 0.3 is 0 Å². The van der Waals surface area contributed by atoms with Crippen LogP contribution in [0.2, 0.25) is 0 Å². The highest BCUT2D eigenvalue weighted by atomic mass is 32.2. The van der Waals surface area contributed by atoms with Crippen LogP contribution in [0.5, 0.6) is 0 Å². The largest absolute Gasteiger partial charge is 0.309 e. The molecule has 1 rings (SSSR count). The molecule has 0 saturated carbocycles. The molecule has 0 radical (unpaired) electrons. The topological polar surface area (TPSA) is 12.0 Å². The molecule has 64 valence electrons. The van der Waals surface area contributed by atoms with Gasteiger partial charge in [-0.2, -0.15) is 11.8 Å². The van der Waals surface area contributed by atoms with Crippen molar-refractivity contribution in [2.45, 2.75) is 19.9 Å². The van der Waals surface area contributed by atoms with Crippen molar-refractivity contribution in [1.82, 2.24) is 5.32 Å². The Balaban J connectivity index is 2.20. The van der Waals surface area contributed by atoms with Gasteiger partial charge in [-0.3, -0.25) is 0 Å². The third-order valence-corrected chi connectivity index (χ3v) is 3.39. The number of hydrogen-bond acceptors (Lipinski definition) is 2. The van der Waals surface area contributed by atoms with Gasteiger partial charge in [0.05, 0.1) is 0 Å². The molecule has 1 nitrogen and oxygen atoms in total. The zero-order valence-electron chi connectivity index (χ0n) is 7.39. The van der Waals surface area contributed by atoms with E-state index in [0.717, 1.165) is 18.5 Å². The van der Waals surface area contributed by atoms with Crippen LogP contribution in [0.3, 0.4) is 0 Å². The molecule has 11 heavy (non-hydrogen) atoms. The van der Waals surface area contributed by atoms with Gasteiger partial charge in [-0.15, -0.1) is 0 Å². The normalized spacial score (nSPS) is 30.7. The highest BCUT2D eigenvalue weighted by Gasteiger charge is 2.22. The molecule has 2 unspecified atom stereocenters. The summed E-state index contributed by atoms with van der Waals surface area (Å²) in [6, 6.07) is 0.719. The quantitative estimate of drug-likeness (QED) is 0.651. The molecule has 1 saturated heterocycles. The van der Waals surface area contributed by atoms with Crippen molar-refractivity contribution < 1.29 is 0 Å². The maximum Gasteiger partial charge on any atom is 0.0194 e. The Labute approximate surface area is 73.6 Å². The van der Waals surface area contributed by atoms with E-state index >= 15 is 0 Å². The van der Waals surface area contributed by atoms with Crippen LogP contribution in [0.1, 0.15) is 13.8 Å². The first-order chi connectivity index (χ1) is 5.20. The van der Waals surface area contributed by atoms with Crippen molar-refractivity contribution in [3.05, 3.63) is 12.2 Å². The van der Waals surface area contributed by atoms with Crippen LogP contribution in [0.4, 0.5) is 0 Å². The van der Waals surface area contributed by atoms with Crippen molar-refractivity contribution in [3.8, 4) is 0 Å². The monoisotopic (exact) mass is 171 g/mol. The van der Waals surface area contributed by atoms with E-state index in [1.54, 1.807) is 0 Å². The molecule has 0 aromatic carbocycles. The zero-order valence-corrected chi connectivity index (χ0v) is 8.21. The van der Waals surface area contributed by atoms with Crippen LogP contribution in [0.15, 0.2) is 12.2 Å². The third-order valence-electron chi connectivity index (χ3n) is 2.03. The molecule has 2 atom stereocenters. The van der Waals surface area contributed by atoms with Crippen molar-refractivity contribution in [2.24, 2.45) is 5.92 Å².